The second-order valence-electron chi connectivity index (χ2n) is 6.54. The number of hydrogen-bond donors (Lipinski definition) is 1. The Balaban J connectivity index is 1.52. The minimum Gasteiger partial charge on any atom is -0.478 e. The number of rotatable bonds is 4. The molecule has 1 atom stereocenters. The summed E-state index contributed by atoms with van der Waals surface area (Å²) in [5.74, 6) is 0.470. The van der Waals surface area contributed by atoms with Crippen LogP contribution in [0.15, 0.2) is 42.5 Å². The Hall–Kier alpha value is -3.02. The van der Waals surface area contributed by atoms with Gasteiger partial charge in [0.05, 0.1) is 18.0 Å². The normalized spacial score (nSPS) is 18.2. The van der Waals surface area contributed by atoms with Crippen LogP contribution in [0, 0.1) is 0 Å². The maximum Gasteiger partial charge on any atom is 0.335 e. The third-order valence-electron chi connectivity index (χ3n) is 4.88. The largest absolute Gasteiger partial charge is 0.478 e. The number of ether oxygens (including phenoxy) is 2. The van der Waals surface area contributed by atoms with Gasteiger partial charge in [0.1, 0.15) is 0 Å². The van der Waals surface area contributed by atoms with Gasteiger partial charge >= 0.3 is 5.97 Å². The Morgan fingerprint density at radius 3 is 2.81 bits per heavy atom. The van der Waals surface area contributed by atoms with Crippen LogP contribution in [-0.2, 0) is 11.2 Å². The zero-order valence-electron chi connectivity index (χ0n) is 14.2. The van der Waals surface area contributed by atoms with Crippen molar-refractivity contribution in [2.45, 2.75) is 25.3 Å². The van der Waals surface area contributed by atoms with Gasteiger partial charge in [-0.1, -0.05) is 18.2 Å². The van der Waals surface area contributed by atoms with E-state index in [1.54, 1.807) is 18.2 Å². The first-order valence-electron chi connectivity index (χ1n) is 8.63. The molecule has 1 amide bonds. The smallest absolute Gasteiger partial charge is 0.335 e. The van der Waals surface area contributed by atoms with Gasteiger partial charge in [-0.2, -0.15) is 0 Å². The van der Waals surface area contributed by atoms with E-state index in [1.165, 1.54) is 6.07 Å². The van der Waals surface area contributed by atoms with E-state index >= 15 is 0 Å². The van der Waals surface area contributed by atoms with Crippen LogP contribution in [-0.4, -0.2) is 35.2 Å². The molecule has 2 aromatic rings. The molecule has 2 aliphatic heterocycles. The lowest BCUT2D eigenvalue weighted by atomic mass is 10.0. The highest BCUT2D eigenvalue weighted by atomic mass is 16.7. The third-order valence-corrected chi connectivity index (χ3v) is 4.88. The highest BCUT2D eigenvalue weighted by Gasteiger charge is 2.31. The number of benzene rings is 2. The molecule has 1 fully saturated rings. The number of hydrogen-bond acceptors (Lipinski definition) is 4. The lowest BCUT2D eigenvalue weighted by Gasteiger charge is -2.25. The summed E-state index contributed by atoms with van der Waals surface area (Å²) < 4.78 is 10.8. The summed E-state index contributed by atoms with van der Waals surface area (Å²) in [6.45, 7) is 0.933. The number of fused-ring (bicyclic) bond motifs is 1. The fraction of sp³-hybridized carbons (Fsp3) is 0.300. The summed E-state index contributed by atoms with van der Waals surface area (Å²) >= 11 is 0. The van der Waals surface area contributed by atoms with E-state index in [1.807, 2.05) is 23.1 Å². The number of carboxylic acids is 1. The highest BCUT2D eigenvalue weighted by Crippen LogP contribution is 2.39. The zero-order valence-corrected chi connectivity index (χ0v) is 14.2. The molecule has 1 unspecified atom stereocenters. The molecule has 0 aliphatic carbocycles. The molecule has 1 saturated heterocycles. The average molecular weight is 353 g/mol. The lowest BCUT2D eigenvalue weighted by molar-refractivity contribution is -0.131. The third kappa shape index (κ3) is 3.10. The predicted molar refractivity (Wildman–Crippen MR) is 93.4 cm³/mol. The van der Waals surface area contributed by atoms with E-state index < -0.39 is 5.97 Å². The van der Waals surface area contributed by atoms with E-state index in [0.717, 1.165) is 29.9 Å². The predicted octanol–water partition coefficient (Wildman–Crippen LogP) is 3.02. The Bertz CT molecular complexity index is 863. The van der Waals surface area contributed by atoms with Crippen LogP contribution in [0.25, 0.3) is 0 Å². The fourth-order valence-corrected chi connectivity index (χ4v) is 3.62. The molecule has 6 heteroatoms. The van der Waals surface area contributed by atoms with Gasteiger partial charge in [-0.15, -0.1) is 0 Å². The quantitative estimate of drug-likeness (QED) is 0.914. The van der Waals surface area contributed by atoms with E-state index in [2.05, 4.69) is 0 Å². The van der Waals surface area contributed by atoms with Crippen molar-refractivity contribution in [3.05, 3.63) is 59.2 Å². The molecular weight excluding hydrogens is 334 g/mol. The van der Waals surface area contributed by atoms with E-state index in [4.69, 9.17) is 14.6 Å². The van der Waals surface area contributed by atoms with Crippen molar-refractivity contribution < 1.29 is 24.2 Å². The molecule has 2 heterocycles. The molecule has 0 saturated carbocycles. The van der Waals surface area contributed by atoms with Crippen molar-refractivity contribution in [1.29, 1.82) is 0 Å². The Morgan fingerprint density at radius 1 is 1.12 bits per heavy atom. The fourth-order valence-electron chi connectivity index (χ4n) is 3.62. The first-order chi connectivity index (χ1) is 12.6. The SMILES string of the molecule is O=C(O)c1cccc(CC(=O)N2CCCC2c2ccc3c(c2)OCO3)c1. The molecule has 134 valence electrons. The van der Waals surface area contributed by atoms with Gasteiger partial charge in [0.2, 0.25) is 12.7 Å². The molecule has 1 N–H and O–H groups in total. The summed E-state index contributed by atoms with van der Waals surface area (Å²) in [5.41, 5.74) is 1.95. The van der Waals surface area contributed by atoms with Gasteiger partial charge in [0.25, 0.3) is 0 Å². The number of carbonyl (C=O) groups is 2. The van der Waals surface area contributed by atoms with Crippen LogP contribution in [0.5, 0.6) is 11.5 Å². The molecule has 2 aromatic carbocycles. The second-order valence-corrected chi connectivity index (χ2v) is 6.54. The Kier molecular flexibility index (Phi) is 4.24. The van der Waals surface area contributed by atoms with E-state index in [-0.39, 0.29) is 30.7 Å². The maximum absolute atomic E-state index is 12.8. The molecule has 4 rings (SSSR count). The molecule has 0 bridgehead atoms. The maximum atomic E-state index is 12.8. The van der Waals surface area contributed by atoms with Crippen LogP contribution >= 0.6 is 0 Å². The number of likely N-dealkylation sites (tertiary alicyclic amines) is 1. The summed E-state index contributed by atoms with van der Waals surface area (Å²) in [5, 5.41) is 9.11. The zero-order chi connectivity index (χ0) is 18.1. The van der Waals surface area contributed by atoms with Crippen LogP contribution in [0.4, 0.5) is 0 Å². The number of nitrogens with zero attached hydrogens (tertiary/aromatic N) is 1. The minimum absolute atomic E-state index is 0.00713. The van der Waals surface area contributed by atoms with Gasteiger partial charge in [0, 0.05) is 6.54 Å². The molecular formula is C20H19NO5. The van der Waals surface area contributed by atoms with Gasteiger partial charge in [-0.25, -0.2) is 4.79 Å². The molecule has 0 aromatic heterocycles. The lowest BCUT2D eigenvalue weighted by Crippen LogP contribution is -2.31. The van der Waals surface area contributed by atoms with Gasteiger partial charge in [-0.3, -0.25) is 4.79 Å². The van der Waals surface area contributed by atoms with E-state index in [9.17, 15) is 9.59 Å². The monoisotopic (exact) mass is 353 g/mol. The average Bonchev–Trinajstić information content (AvgIpc) is 3.30. The van der Waals surface area contributed by atoms with Crippen LogP contribution in [0.1, 0.15) is 40.4 Å². The van der Waals surface area contributed by atoms with Crippen LogP contribution in [0.3, 0.4) is 0 Å². The Labute approximate surface area is 151 Å². The van der Waals surface area contributed by atoms with E-state index in [0.29, 0.717) is 12.1 Å². The van der Waals surface area contributed by atoms with Crippen molar-refractivity contribution in [1.82, 2.24) is 4.90 Å². The Morgan fingerprint density at radius 2 is 1.96 bits per heavy atom. The molecule has 2 aliphatic rings. The summed E-state index contributed by atoms with van der Waals surface area (Å²) in [6, 6.07) is 12.4. The van der Waals surface area contributed by atoms with Crippen molar-refractivity contribution in [2.24, 2.45) is 0 Å². The van der Waals surface area contributed by atoms with Crippen LogP contribution in [0.2, 0.25) is 0 Å². The highest BCUT2D eigenvalue weighted by molar-refractivity contribution is 5.88. The van der Waals surface area contributed by atoms with Crippen molar-refractivity contribution >= 4 is 11.9 Å². The number of amides is 1. The minimum atomic E-state index is -0.987. The molecule has 0 spiro atoms. The molecule has 26 heavy (non-hydrogen) atoms. The number of carboxylic acid groups (broad SMARTS) is 1. The van der Waals surface area contributed by atoms with Crippen molar-refractivity contribution in [3.63, 3.8) is 0 Å². The summed E-state index contributed by atoms with van der Waals surface area (Å²) in [7, 11) is 0. The second kappa shape index (κ2) is 6.71. The van der Waals surface area contributed by atoms with Gasteiger partial charge < -0.3 is 19.5 Å². The van der Waals surface area contributed by atoms with Crippen molar-refractivity contribution in [3.8, 4) is 11.5 Å². The number of aromatic carboxylic acids is 1. The van der Waals surface area contributed by atoms with Gasteiger partial charge in [0.15, 0.2) is 11.5 Å². The first kappa shape index (κ1) is 16.4. The molecule has 6 nitrogen and oxygen atoms in total. The number of carbonyl (C=O) groups excluding carboxylic acids is 1. The standard InChI is InChI=1S/C20H19NO5/c22-19(10-13-3-1-4-15(9-13)20(23)24)21-8-2-5-16(21)14-6-7-17-18(11-14)26-12-25-17/h1,3-4,6-7,9,11,16H,2,5,8,10,12H2,(H,23,24). The first-order valence-corrected chi connectivity index (χ1v) is 8.63. The van der Waals surface area contributed by atoms with Crippen molar-refractivity contribution in [2.75, 3.05) is 13.3 Å². The van der Waals surface area contributed by atoms with Crippen LogP contribution < -0.4 is 9.47 Å². The van der Waals surface area contributed by atoms with Gasteiger partial charge in [-0.05, 0) is 48.2 Å². The summed E-state index contributed by atoms with van der Waals surface area (Å²) in [6.07, 6.45) is 2.04. The topological polar surface area (TPSA) is 76.1 Å². The summed E-state index contributed by atoms with van der Waals surface area (Å²) in [4.78, 5) is 25.8. The molecule has 0 radical (unpaired) electrons.